The van der Waals surface area contributed by atoms with E-state index in [0.29, 0.717) is 6.54 Å². The van der Waals surface area contributed by atoms with Gasteiger partial charge in [0, 0.05) is 25.5 Å². The smallest absolute Gasteiger partial charge is 0.234 e. The van der Waals surface area contributed by atoms with Gasteiger partial charge in [0.05, 0.1) is 5.25 Å². The van der Waals surface area contributed by atoms with Crippen molar-refractivity contribution in [3.63, 3.8) is 0 Å². The monoisotopic (exact) mass is 351 g/mol. The van der Waals surface area contributed by atoms with Crippen molar-refractivity contribution in [1.82, 2.24) is 20.5 Å². The van der Waals surface area contributed by atoms with Crippen molar-refractivity contribution in [2.75, 3.05) is 11.9 Å². The predicted molar refractivity (Wildman–Crippen MR) is 94.6 cm³/mol. The maximum Gasteiger partial charge on any atom is 0.234 e. The Labute approximate surface area is 144 Å². The van der Waals surface area contributed by atoms with Crippen LogP contribution in [0.25, 0.3) is 0 Å². The first-order valence-electron chi connectivity index (χ1n) is 7.50. The normalized spacial score (nSPS) is 12.2. The van der Waals surface area contributed by atoms with Gasteiger partial charge in [-0.1, -0.05) is 43.0 Å². The van der Waals surface area contributed by atoms with Crippen LogP contribution in [0.2, 0.25) is 0 Å². The number of nitrogens with one attached hydrogen (secondary N) is 2. The van der Waals surface area contributed by atoms with Crippen LogP contribution in [-0.2, 0) is 11.3 Å². The lowest BCUT2D eigenvalue weighted by atomic mass is 10.1. The Morgan fingerprint density at radius 1 is 1.39 bits per heavy atom. The molecule has 6 nitrogen and oxygen atoms in total. The minimum atomic E-state index is -0.200. The SMILES string of the molecule is CCNc1nnc(S[C@@H](C(=O)NCc2cccnc2)C(C)C)s1. The quantitative estimate of drug-likeness (QED) is 0.712. The fraction of sp³-hybridized carbons (Fsp3) is 0.467. The number of rotatable bonds is 8. The Balaban J connectivity index is 1.95. The molecule has 0 saturated heterocycles. The highest BCUT2D eigenvalue weighted by Gasteiger charge is 2.25. The molecule has 0 aromatic carbocycles. The van der Waals surface area contributed by atoms with Crippen molar-refractivity contribution < 1.29 is 4.79 Å². The molecule has 1 atom stereocenters. The second kappa shape index (κ2) is 8.83. The van der Waals surface area contributed by atoms with E-state index in [1.807, 2.05) is 32.9 Å². The molecule has 0 saturated carbocycles. The van der Waals surface area contributed by atoms with Gasteiger partial charge in [-0.3, -0.25) is 9.78 Å². The Morgan fingerprint density at radius 2 is 2.22 bits per heavy atom. The average Bonchev–Trinajstić information content (AvgIpc) is 2.99. The largest absolute Gasteiger partial charge is 0.360 e. The molecule has 2 aromatic rings. The van der Waals surface area contributed by atoms with E-state index in [0.717, 1.165) is 21.6 Å². The zero-order valence-electron chi connectivity index (χ0n) is 13.4. The molecule has 0 aliphatic heterocycles. The first-order valence-corrected chi connectivity index (χ1v) is 9.20. The molecule has 0 fully saturated rings. The number of carbonyl (C=O) groups excluding carboxylic acids is 1. The van der Waals surface area contributed by atoms with Crippen LogP contribution in [0.5, 0.6) is 0 Å². The molecule has 2 heterocycles. The summed E-state index contributed by atoms with van der Waals surface area (Å²) in [4.78, 5) is 16.5. The van der Waals surface area contributed by atoms with E-state index in [2.05, 4.69) is 25.8 Å². The maximum atomic E-state index is 12.5. The van der Waals surface area contributed by atoms with E-state index >= 15 is 0 Å². The van der Waals surface area contributed by atoms with Gasteiger partial charge in [-0.25, -0.2) is 0 Å². The van der Waals surface area contributed by atoms with Crippen LogP contribution in [0.4, 0.5) is 5.13 Å². The predicted octanol–water partition coefficient (Wildman–Crippen LogP) is 2.80. The van der Waals surface area contributed by atoms with E-state index in [9.17, 15) is 4.79 Å². The van der Waals surface area contributed by atoms with E-state index in [1.54, 1.807) is 12.4 Å². The molecule has 0 radical (unpaired) electrons. The van der Waals surface area contributed by atoms with E-state index < -0.39 is 0 Å². The van der Waals surface area contributed by atoms with Gasteiger partial charge < -0.3 is 10.6 Å². The molecule has 8 heteroatoms. The molecule has 124 valence electrons. The Morgan fingerprint density at radius 3 is 2.87 bits per heavy atom. The molecule has 0 aliphatic carbocycles. The van der Waals surface area contributed by atoms with Crippen molar-refractivity contribution in [2.24, 2.45) is 5.92 Å². The first kappa shape index (κ1) is 17.7. The van der Waals surface area contributed by atoms with Gasteiger partial charge >= 0.3 is 0 Å². The van der Waals surface area contributed by atoms with Crippen LogP contribution in [0.3, 0.4) is 0 Å². The third-order valence-corrected chi connectivity index (χ3v) is 5.53. The molecule has 2 rings (SSSR count). The molecule has 23 heavy (non-hydrogen) atoms. The van der Waals surface area contributed by atoms with E-state index in [1.165, 1.54) is 23.1 Å². The minimum absolute atomic E-state index is 0.00838. The van der Waals surface area contributed by atoms with Crippen molar-refractivity contribution in [3.05, 3.63) is 30.1 Å². The van der Waals surface area contributed by atoms with E-state index in [4.69, 9.17) is 0 Å². The first-order chi connectivity index (χ1) is 11.1. The Kier molecular flexibility index (Phi) is 6.79. The molecule has 0 aliphatic rings. The van der Waals surface area contributed by atoms with Crippen LogP contribution < -0.4 is 10.6 Å². The van der Waals surface area contributed by atoms with E-state index in [-0.39, 0.29) is 17.1 Å². The summed E-state index contributed by atoms with van der Waals surface area (Å²) in [5, 5.41) is 14.9. The zero-order valence-corrected chi connectivity index (χ0v) is 15.1. The summed E-state index contributed by atoms with van der Waals surface area (Å²) in [5.41, 5.74) is 0.985. The van der Waals surface area contributed by atoms with Gasteiger partial charge in [-0.15, -0.1) is 10.2 Å². The minimum Gasteiger partial charge on any atom is -0.360 e. The fourth-order valence-electron chi connectivity index (χ4n) is 1.87. The Hall–Kier alpha value is -1.67. The van der Waals surface area contributed by atoms with Gasteiger partial charge in [-0.2, -0.15) is 0 Å². The lowest BCUT2D eigenvalue weighted by Gasteiger charge is -2.18. The van der Waals surface area contributed by atoms with Crippen molar-refractivity contribution >= 4 is 34.1 Å². The van der Waals surface area contributed by atoms with Crippen molar-refractivity contribution in [2.45, 2.75) is 36.9 Å². The summed E-state index contributed by atoms with van der Waals surface area (Å²) >= 11 is 2.94. The average molecular weight is 352 g/mol. The summed E-state index contributed by atoms with van der Waals surface area (Å²) in [5.74, 6) is 0.203. The number of hydrogen-bond acceptors (Lipinski definition) is 7. The summed E-state index contributed by atoms with van der Waals surface area (Å²) < 4.78 is 0.802. The second-order valence-electron chi connectivity index (χ2n) is 5.26. The van der Waals surface area contributed by atoms with Gasteiger partial charge in [0.25, 0.3) is 0 Å². The summed E-state index contributed by atoms with van der Waals surface area (Å²) in [6, 6.07) is 3.80. The van der Waals surface area contributed by atoms with Crippen molar-refractivity contribution in [3.8, 4) is 0 Å². The number of thioether (sulfide) groups is 1. The third-order valence-electron chi connectivity index (χ3n) is 3.02. The topological polar surface area (TPSA) is 79.8 Å². The van der Waals surface area contributed by atoms with Crippen LogP contribution in [-0.4, -0.2) is 32.9 Å². The Bertz CT molecular complexity index is 617. The molecule has 1 amide bonds. The number of carbonyl (C=O) groups is 1. The number of nitrogens with zero attached hydrogens (tertiary/aromatic N) is 3. The van der Waals surface area contributed by atoms with Gasteiger partial charge in [-0.05, 0) is 24.5 Å². The highest BCUT2D eigenvalue weighted by atomic mass is 32.2. The lowest BCUT2D eigenvalue weighted by Crippen LogP contribution is -2.35. The van der Waals surface area contributed by atoms with Gasteiger partial charge in [0.15, 0.2) is 4.34 Å². The lowest BCUT2D eigenvalue weighted by molar-refractivity contribution is -0.121. The third kappa shape index (κ3) is 5.47. The van der Waals surface area contributed by atoms with Crippen LogP contribution in [0.1, 0.15) is 26.3 Å². The van der Waals surface area contributed by atoms with Crippen LogP contribution in [0.15, 0.2) is 28.9 Å². The standard InChI is InChI=1S/C15H21N5OS2/c1-4-17-14-19-20-15(23-14)22-12(10(2)3)13(21)18-9-11-6-5-7-16-8-11/h5-8,10,12H,4,9H2,1-3H3,(H,17,19)(H,18,21)/t12-/m1/s1. The highest BCUT2D eigenvalue weighted by molar-refractivity contribution is 8.02. The molecular formula is C15H21N5OS2. The summed E-state index contributed by atoms with van der Waals surface area (Å²) in [6.45, 7) is 7.37. The van der Waals surface area contributed by atoms with Gasteiger partial charge in [0.2, 0.25) is 11.0 Å². The molecule has 2 N–H and O–H groups in total. The zero-order chi connectivity index (χ0) is 16.7. The molecule has 0 bridgehead atoms. The number of anilines is 1. The highest BCUT2D eigenvalue weighted by Crippen LogP contribution is 2.32. The number of pyridine rings is 1. The molecular weight excluding hydrogens is 330 g/mol. The maximum absolute atomic E-state index is 12.5. The van der Waals surface area contributed by atoms with Gasteiger partial charge in [0.1, 0.15) is 0 Å². The number of aromatic nitrogens is 3. The fourth-order valence-corrected chi connectivity index (χ4v) is 3.93. The molecule has 0 spiro atoms. The summed E-state index contributed by atoms with van der Waals surface area (Å²) in [7, 11) is 0. The van der Waals surface area contributed by atoms with Crippen LogP contribution >= 0.6 is 23.1 Å². The molecule has 0 unspecified atom stereocenters. The number of amides is 1. The van der Waals surface area contributed by atoms with Crippen LogP contribution in [0, 0.1) is 5.92 Å². The number of hydrogen-bond donors (Lipinski definition) is 2. The summed E-state index contributed by atoms with van der Waals surface area (Å²) in [6.07, 6.45) is 3.47. The molecule has 2 aromatic heterocycles. The van der Waals surface area contributed by atoms with Crippen molar-refractivity contribution in [1.29, 1.82) is 0 Å². The second-order valence-corrected chi connectivity index (χ2v) is 7.63.